The first-order valence-corrected chi connectivity index (χ1v) is 8.26. The number of aromatic nitrogens is 1. The van der Waals surface area contributed by atoms with E-state index < -0.39 is 11.8 Å². The molecule has 0 atom stereocenters. The molecule has 0 aliphatic carbocycles. The molecule has 6 nitrogen and oxygen atoms in total. The van der Waals surface area contributed by atoms with Gasteiger partial charge in [-0.25, -0.2) is 4.98 Å². The van der Waals surface area contributed by atoms with Crippen LogP contribution in [0.2, 0.25) is 0 Å². The summed E-state index contributed by atoms with van der Waals surface area (Å²) in [5, 5.41) is 5.06. The fourth-order valence-electron chi connectivity index (χ4n) is 2.24. The molecule has 1 heterocycles. The molecule has 3 aromatic rings. The Morgan fingerprint density at radius 2 is 1.84 bits per heavy atom. The molecular formula is C18H15N3O3S. The number of methoxy groups -OCH3 is 1. The number of para-hydroxylation sites is 1. The maximum atomic E-state index is 12.4. The van der Waals surface area contributed by atoms with Crippen LogP contribution in [0, 0.1) is 0 Å². The summed E-state index contributed by atoms with van der Waals surface area (Å²) in [5.41, 5.74) is 7.09. The van der Waals surface area contributed by atoms with Gasteiger partial charge >= 0.3 is 0 Å². The lowest BCUT2D eigenvalue weighted by atomic mass is 10.1. The van der Waals surface area contributed by atoms with E-state index in [1.165, 1.54) is 11.3 Å². The number of anilines is 1. The molecule has 0 saturated carbocycles. The minimum Gasteiger partial charge on any atom is -0.497 e. The monoisotopic (exact) mass is 353 g/mol. The van der Waals surface area contributed by atoms with Crippen LogP contribution in [0.15, 0.2) is 53.9 Å². The van der Waals surface area contributed by atoms with Crippen LogP contribution < -0.4 is 15.8 Å². The minimum absolute atomic E-state index is 0.251. The van der Waals surface area contributed by atoms with Gasteiger partial charge in [-0.1, -0.05) is 12.1 Å². The average Bonchev–Trinajstić information content (AvgIpc) is 3.12. The van der Waals surface area contributed by atoms with E-state index in [4.69, 9.17) is 10.5 Å². The Balaban J connectivity index is 1.80. The second kappa shape index (κ2) is 7.14. The van der Waals surface area contributed by atoms with Crippen LogP contribution in [-0.2, 0) is 0 Å². The summed E-state index contributed by atoms with van der Waals surface area (Å²) < 4.78 is 5.13. The SMILES string of the molecule is COc1ccc(-c2nc(C(=O)Nc3ccccc3C(N)=O)cs2)cc1. The number of hydrogen-bond donors (Lipinski definition) is 2. The standard InChI is InChI=1S/C18H15N3O3S/c1-24-12-8-6-11(7-9-12)18-21-15(10-25-18)17(23)20-14-5-3-2-4-13(14)16(19)22/h2-10H,1H3,(H2,19,22)(H,20,23). The number of rotatable bonds is 5. The van der Waals surface area contributed by atoms with Gasteiger partial charge in [0.25, 0.3) is 11.8 Å². The largest absolute Gasteiger partial charge is 0.497 e. The predicted molar refractivity (Wildman–Crippen MR) is 97.0 cm³/mol. The van der Waals surface area contributed by atoms with Gasteiger partial charge in [-0.15, -0.1) is 11.3 Å². The quantitative estimate of drug-likeness (QED) is 0.736. The molecule has 1 aromatic heterocycles. The third kappa shape index (κ3) is 3.67. The lowest BCUT2D eigenvalue weighted by Gasteiger charge is -2.07. The fraction of sp³-hybridized carbons (Fsp3) is 0.0556. The van der Waals surface area contributed by atoms with Crippen molar-refractivity contribution in [3.8, 4) is 16.3 Å². The minimum atomic E-state index is -0.604. The molecule has 25 heavy (non-hydrogen) atoms. The second-order valence-electron chi connectivity index (χ2n) is 5.13. The van der Waals surface area contributed by atoms with Gasteiger partial charge in [0.15, 0.2) is 0 Å². The van der Waals surface area contributed by atoms with Gasteiger partial charge in [0, 0.05) is 10.9 Å². The Kier molecular flexibility index (Phi) is 4.76. The molecule has 0 bridgehead atoms. The first-order valence-electron chi connectivity index (χ1n) is 7.38. The van der Waals surface area contributed by atoms with E-state index in [2.05, 4.69) is 10.3 Å². The topological polar surface area (TPSA) is 94.3 Å². The molecular weight excluding hydrogens is 338 g/mol. The Bertz CT molecular complexity index is 919. The zero-order valence-corrected chi connectivity index (χ0v) is 14.2. The zero-order chi connectivity index (χ0) is 17.8. The van der Waals surface area contributed by atoms with E-state index >= 15 is 0 Å². The molecule has 7 heteroatoms. The van der Waals surface area contributed by atoms with Gasteiger partial charge in [0.1, 0.15) is 16.5 Å². The Morgan fingerprint density at radius 3 is 2.52 bits per heavy atom. The van der Waals surface area contributed by atoms with Crippen LogP contribution in [-0.4, -0.2) is 23.9 Å². The molecule has 3 rings (SSSR count). The molecule has 126 valence electrons. The molecule has 0 fully saturated rings. The second-order valence-corrected chi connectivity index (χ2v) is 5.99. The van der Waals surface area contributed by atoms with E-state index in [1.807, 2.05) is 24.3 Å². The Labute approximate surface area is 148 Å². The van der Waals surface area contributed by atoms with Crippen molar-refractivity contribution in [3.05, 3.63) is 65.2 Å². The summed E-state index contributed by atoms with van der Waals surface area (Å²) in [6, 6.07) is 14.0. The van der Waals surface area contributed by atoms with Gasteiger partial charge < -0.3 is 15.8 Å². The van der Waals surface area contributed by atoms with Crippen LogP contribution >= 0.6 is 11.3 Å². The first-order chi connectivity index (χ1) is 12.1. The average molecular weight is 353 g/mol. The number of nitrogens with one attached hydrogen (secondary N) is 1. The molecule has 0 aliphatic rings. The molecule has 3 N–H and O–H groups in total. The van der Waals surface area contributed by atoms with Crippen LogP contribution in [0.4, 0.5) is 5.69 Å². The fourth-order valence-corrected chi connectivity index (χ4v) is 3.04. The van der Waals surface area contributed by atoms with Crippen molar-refractivity contribution in [1.29, 1.82) is 0 Å². The van der Waals surface area contributed by atoms with Crippen LogP contribution in [0.1, 0.15) is 20.8 Å². The molecule has 0 aliphatic heterocycles. The highest BCUT2D eigenvalue weighted by Crippen LogP contribution is 2.26. The van der Waals surface area contributed by atoms with Crippen LogP contribution in [0.25, 0.3) is 10.6 Å². The maximum absolute atomic E-state index is 12.4. The lowest BCUT2D eigenvalue weighted by Crippen LogP contribution is -2.18. The number of ether oxygens (including phenoxy) is 1. The van der Waals surface area contributed by atoms with Gasteiger partial charge in [0.05, 0.1) is 18.4 Å². The number of hydrogen-bond acceptors (Lipinski definition) is 5. The number of benzene rings is 2. The number of nitrogens with two attached hydrogens (primary N) is 1. The molecule has 0 radical (unpaired) electrons. The van der Waals surface area contributed by atoms with Crippen LogP contribution in [0.3, 0.4) is 0 Å². The molecule has 0 saturated heterocycles. The van der Waals surface area contributed by atoms with Gasteiger partial charge in [-0.3, -0.25) is 9.59 Å². The van der Waals surface area contributed by atoms with E-state index in [9.17, 15) is 9.59 Å². The summed E-state index contributed by atoms with van der Waals surface area (Å²) >= 11 is 1.36. The van der Waals surface area contributed by atoms with Gasteiger partial charge in [-0.05, 0) is 36.4 Å². The molecule has 2 amide bonds. The van der Waals surface area contributed by atoms with Crippen molar-refractivity contribution >= 4 is 28.8 Å². The molecule has 2 aromatic carbocycles. The number of carbonyl (C=O) groups excluding carboxylic acids is 2. The maximum Gasteiger partial charge on any atom is 0.275 e. The Morgan fingerprint density at radius 1 is 1.12 bits per heavy atom. The van der Waals surface area contributed by atoms with Crippen molar-refractivity contribution in [2.45, 2.75) is 0 Å². The first kappa shape index (κ1) is 16.7. The Hall–Kier alpha value is -3.19. The summed E-state index contributed by atoms with van der Waals surface area (Å²) in [5.74, 6) is -0.251. The van der Waals surface area contributed by atoms with Crippen molar-refractivity contribution in [1.82, 2.24) is 4.98 Å². The summed E-state index contributed by atoms with van der Waals surface area (Å²) in [6.07, 6.45) is 0. The van der Waals surface area contributed by atoms with Crippen molar-refractivity contribution in [3.63, 3.8) is 0 Å². The lowest BCUT2D eigenvalue weighted by molar-refractivity contribution is 0.100. The highest BCUT2D eigenvalue weighted by atomic mass is 32.1. The number of primary amides is 1. The number of thiazole rings is 1. The number of carbonyl (C=O) groups is 2. The summed E-state index contributed by atoms with van der Waals surface area (Å²) in [7, 11) is 1.60. The van der Waals surface area contributed by atoms with Gasteiger partial charge in [0.2, 0.25) is 0 Å². The number of nitrogens with zero attached hydrogens (tertiary/aromatic N) is 1. The van der Waals surface area contributed by atoms with E-state index in [0.29, 0.717) is 5.69 Å². The van der Waals surface area contributed by atoms with Gasteiger partial charge in [-0.2, -0.15) is 0 Å². The third-order valence-corrected chi connectivity index (χ3v) is 4.41. The zero-order valence-electron chi connectivity index (χ0n) is 13.4. The molecule has 0 unspecified atom stereocenters. The van der Waals surface area contributed by atoms with E-state index in [-0.39, 0.29) is 11.3 Å². The summed E-state index contributed by atoms with van der Waals surface area (Å²) in [6.45, 7) is 0. The normalized spacial score (nSPS) is 10.3. The van der Waals surface area contributed by atoms with Crippen molar-refractivity contribution < 1.29 is 14.3 Å². The van der Waals surface area contributed by atoms with Crippen LogP contribution in [0.5, 0.6) is 5.75 Å². The predicted octanol–water partition coefficient (Wildman–Crippen LogP) is 3.17. The van der Waals surface area contributed by atoms with E-state index in [0.717, 1.165) is 16.3 Å². The molecule has 0 spiro atoms. The van der Waals surface area contributed by atoms with Crippen molar-refractivity contribution in [2.75, 3.05) is 12.4 Å². The number of amides is 2. The summed E-state index contributed by atoms with van der Waals surface area (Å²) in [4.78, 5) is 28.2. The highest BCUT2D eigenvalue weighted by Gasteiger charge is 2.15. The highest BCUT2D eigenvalue weighted by molar-refractivity contribution is 7.13. The third-order valence-electron chi connectivity index (χ3n) is 3.51. The smallest absolute Gasteiger partial charge is 0.275 e. The van der Waals surface area contributed by atoms with Crippen molar-refractivity contribution in [2.24, 2.45) is 5.73 Å². The van der Waals surface area contributed by atoms with E-state index in [1.54, 1.807) is 36.8 Å².